The van der Waals surface area contributed by atoms with Crippen molar-refractivity contribution >= 4 is 23.7 Å². The first kappa shape index (κ1) is 17.4. The second-order valence-corrected chi connectivity index (χ2v) is 6.88. The predicted molar refractivity (Wildman–Crippen MR) is 102 cm³/mol. The van der Waals surface area contributed by atoms with E-state index in [1.54, 1.807) is 12.2 Å². The van der Waals surface area contributed by atoms with Gasteiger partial charge in [-0.1, -0.05) is 35.9 Å². The zero-order chi connectivity index (χ0) is 17.5. The van der Waals surface area contributed by atoms with Gasteiger partial charge in [-0.3, -0.25) is 4.79 Å². The van der Waals surface area contributed by atoms with Crippen LogP contribution in [0.15, 0.2) is 48.5 Å². The van der Waals surface area contributed by atoms with Crippen molar-refractivity contribution in [2.45, 2.75) is 12.7 Å². The summed E-state index contributed by atoms with van der Waals surface area (Å²) in [5.74, 6) is 3.22. The second-order valence-electron chi connectivity index (χ2n) is 5.78. The number of hydrogen-bond donors (Lipinski definition) is 1. The van der Waals surface area contributed by atoms with E-state index < -0.39 is 0 Å². The lowest BCUT2D eigenvalue weighted by atomic mass is 10.2. The number of thioether (sulfide) groups is 1. The van der Waals surface area contributed by atoms with E-state index in [0.29, 0.717) is 6.54 Å². The van der Waals surface area contributed by atoms with E-state index in [4.69, 9.17) is 9.47 Å². The van der Waals surface area contributed by atoms with E-state index >= 15 is 0 Å². The Hall–Kier alpha value is -2.40. The molecule has 130 valence electrons. The van der Waals surface area contributed by atoms with E-state index in [9.17, 15) is 4.79 Å². The van der Waals surface area contributed by atoms with Crippen LogP contribution in [0, 0.1) is 6.92 Å². The SMILES string of the molecule is Cc1ccc(CSCCNC(=O)/C=C\c2ccc3c(c2)OCO3)cc1. The van der Waals surface area contributed by atoms with E-state index in [2.05, 4.69) is 36.5 Å². The molecule has 4 nitrogen and oxygen atoms in total. The molecule has 0 saturated carbocycles. The fourth-order valence-corrected chi connectivity index (χ4v) is 3.19. The Kier molecular flexibility index (Phi) is 6.01. The molecule has 2 aromatic carbocycles. The molecule has 1 N–H and O–H groups in total. The van der Waals surface area contributed by atoms with Gasteiger partial charge in [0, 0.05) is 24.1 Å². The molecule has 0 fully saturated rings. The molecule has 0 spiro atoms. The van der Waals surface area contributed by atoms with Gasteiger partial charge in [-0.05, 0) is 36.3 Å². The lowest BCUT2D eigenvalue weighted by molar-refractivity contribution is -0.116. The summed E-state index contributed by atoms with van der Waals surface area (Å²) in [7, 11) is 0. The van der Waals surface area contributed by atoms with E-state index in [-0.39, 0.29) is 12.7 Å². The molecule has 1 heterocycles. The van der Waals surface area contributed by atoms with Crippen LogP contribution in [-0.2, 0) is 10.5 Å². The van der Waals surface area contributed by atoms with Gasteiger partial charge in [-0.2, -0.15) is 11.8 Å². The number of carbonyl (C=O) groups excluding carboxylic acids is 1. The molecule has 0 saturated heterocycles. The minimum atomic E-state index is -0.0893. The summed E-state index contributed by atoms with van der Waals surface area (Å²) < 4.78 is 10.6. The summed E-state index contributed by atoms with van der Waals surface area (Å²) in [5, 5.41) is 2.90. The highest BCUT2D eigenvalue weighted by Gasteiger charge is 2.12. The highest BCUT2D eigenvalue weighted by molar-refractivity contribution is 7.98. The molecule has 0 atom stereocenters. The fraction of sp³-hybridized carbons (Fsp3) is 0.250. The van der Waals surface area contributed by atoms with Crippen molar-refractivity contribution in [3.05, 3.63) is 65.2 Å². The third-order valence-corrected chi connectivity index (χ3v) is 4.79. The molecule has 3 rings (SSSR count). The van der Waals surface area contributed by atoms with Crippen LogP contribution in [0.5, 0.6) is 11.5 Å². The van der Waals surface area contributed by atoms with Crippen molar-refractivity contribution in [1.82, 2.24) is 5.32 Å². The third kappa shape index (κ3) is 5.29. The molecule has 2 aromatic rings. The van der Waals surface area contributed by atoms with Crippen LogP contribution in [0.4, 0.5) is 0 Å². The van der Waals surface area contributed by atoms with E-state index in [1.807, 2.05) is 30.0 Å². The maximum atomic E-state index is 11.9. The number of nitrogens with one attached hydrogen (secondary N) is 1. The standard InChI is InChI=1S/C20H21NO3S/c1-15-2-4-17(5-3-15)13-25-11-10-21-20(22)9-7-16-6-8-18-19(12-16)24-14-23-18/h2-9,12H,10-11,13-14H2,1H3,(H,21,22)/b9-7-. The predicted octanol–water partition coefficient (Wildman–Crippen LogP) is 3.79. The molecular formula is C20H21NO3S. The van der Waals surface area contributed by atoms with Gasteiger partial charge < -0.3 is 14.8 Å². The normalized spacial score (nSPS) is 12.5. The van der Waals surface area contributed by atoms with Crippen LogP contribution in [0.3, 0.4) is 0 Å². The average molecular weight is 355 g/mol. The van der Waals surface area contributed by atoms with Crippen LogP contribution >= 0.6 is 11.8 Å². The lowest BCUT2D eigenvalue weighted by Crippen LogP contribution is -2.23. The lowest BCUT2D eigenvalue weighted by Gasteiger charge is -2.04. The topological polar surface area (TPSA) is 47.6 Å². The Morgan fingerprint density at radius 1 is 1.16 bits per heavy atom. The summed E-state index contributed by atoms with van der Waals surface area (Å²) in [5.41, 5.74) is 3.49. The molecule has 0 radical (unpaired) electrons. The molecule has 1 aliphatic rings. The Labute approximate surface area is 152 Å². The number of benzene rings is 2. The van der Waals surface area contributed by atoms with Crippen molar-refractivity contribution < 1.29 is 14.3 Å². The van der Waals surface area contributed by atoms with Gasteiger partial charge in [0.25, 0.3) is 0 Å². The van der Waals surface area contributed by atoms with E-state index in [0.717, 1.165) is 28.6 Å². The van der Waals surface area contributed by atoms with Gasteiger partial charge in [0.05, 0.1) is 0 Å². The highest BCUT2D eigenvalue weighted by atomic mass is 32.2. The Morgan fingerprint density at radius 3 is 2.80 bits per heavy atom. The zero-order valence-corrected chi connectivity index (χ0v) is 15.0. The largest absolute Gasteiger partial charge is 0.454 e. The van der Waals surface area contributed by atoms with E-state index in [1.165, 1.54) is 11.1 Å². The smallest absolute Gasteiger partial charge is 0.244 e. The van der Waals surface area contributed by atoms with Crippen LogP contribution in [0.2, 0.25) is 0 Å². The number of carbonyl (C=O) groups is 1. The first-order chi connectivity index (χ1) is 12.2. The van der Waals surface area contributed by atoms with Gasteiger partial charge >= 0.3 is 0 Å². The first-order valence-electron chi connectivity index (χ1n) is 8.19. The van der Waals surface area contributed by atoms with Crippen LogP contribution in [-0.4, -0.2) is 25.0 Å². The first-order valence-corrected chi connectivity index (χ1v) is 9.35. The number of amides is 1. The van der Waals surface area contributed by atoms with Crippen LogP contribution < -0.4 is 14.8 Å². The molecule has 0 aromatic heterocycles. The molecule has 1 aliphatic heterocycles. The molecular weight excluding hydrogens is 334 g/mol. The molecule has 0 aliphatic carbocycles. The number of ether oxygens (including phenoxy) is 2. The average Bonchev–Trinajstić information content (AvgIpc) is 3.09. The monoisotopic (exact) mass is 355 g/mol. The Bertz CT molecular complexity index is 756. The van der Waals surface area contributed by atoms with Gasteiger partial charge in [-0.15, -0.1) is 0 Å². The van der Waals surface area contributed by atoms with Gasteiger partial charge in [0.1, 0.15) is 0 Å². The highest BCUT2D eigenvalue weighted by Crippen LogP contribution is 2.32. The van der Waals surface area contributed by atoms with Crippen molar-refractivity contribution in [3.63, 3.8) is 0 Å². The number of rotatable bonds is 7. The van der Waals surface area contributed by atoms with Gasteiger partial charge in [-0.25, -0.2) is 0 Å². The minimum absolute atomic E-state index is 0.0893. The number of fused-ring (bicyclic) bond motifs is 1. The minimum Gasteiger partial charge on any atom is -0.454 e. The Morgan fingerprint density at radius 2 is 1.96 bits per heavy atom. The maximum Gasteiger partial charge on any atom is 0.244 e. The van der Waals surface area contributed by atoms with Crippen molar-refractivity contribution in [2.24, 2.45) is 0 Å². The second kappa shape index (κ2) is 8.62. The number of hydrogen-bond acceptors (Lipinski definition) is 4. The van der Waals surface area contributed by atoms with Crippen LogP contribution in [0.1, 0.15) is 16.7 Å². The number of aryl methyl sites for hydroxylation is 1. The Balaban J connectivity index is 1.36. The summed E-state index contributed by atoms with van der Waals surface area (Å²) in [6.45, 7) is 2.99. The quantitative estimate of drug-likeness (QED) is 0.606. The molecule has 1 amide bonds. The maximum absolute atomic E-state index is 11.9. The summed E-state index contributed by atoms with van der Waals surface area (Å²) in [6.07, 6.45) is 3.32. The van der Waals surface area contributed by atoms with Gasteiger partial charge in [0.2, 0.25) is 12.7 Å². The molecule has 5 heteroatoms. The summed E-state index contributed by atoms with van der Waals surface area (Å²) >= 11 is 1.81. The van der Waals surface area contributed by atoms with Crippen LogP contribution in [0.25, 0.3) is 6.08 Å². The van der Waals surface area contributed by atoms with Gasteiger partial charge in [0.15, 0.2) is 11.5 Å². The molecule has 25 heavy (non-hydrogen) atoms. The molecule has 0 unspecified atom stereocenters. The van der Waals surface area contributed by atoms with Crippen molar-refractivity contribution in [3.8, 4) is 11.5 Å². The third-order valence-electron chi connectivity index (χ3n) is 3.76. The molecule has 0 bridgehead atoms. The summed E-state index contributed by atoms with van der Waals surface area (Å²) in [6, 6.07) is 14.2. The fourth-order valence-electron chi connectivity index (χ4n) is 2.37. The summed E-state index contributed by atoms with van der Waals surface area (Å²) in [4.78, 5) is 11.9. The van der Waals surface area contributed by atoms with Crippen molar-refractivity contribution in [2.75, 3.05) is 19.1 Å². The van der Waals surface area contributed by atoms with Crippen molar-refractivity contribution in [1.29, 1.82) is 0 Å². The zero-order valence-electron chi connectivity index (χ0n) is 14.2.